The molecule has 192 valence electrons. The normalized spacial score (nSPS) is 17.5. The number of anilines is 1. The number of nitrogens with zero attached hydrogens (tertiary/aromatic N) is 3. The van der Waals surface area contributed by atoms with Crippen molar-refractivity contribution < 1.29 is 32.6 Å². The van der Waals surface area contributed by atoms with Crippen LogP contribution in [0.25, 0.3) is 5.76 Å². The predicted octanol–water partition coefficient (Wildman–Crippen LogP) is 4.58. The van der Waals surface area contributed by atoms with Gasteiger partial charge in [0, 0.05) is 12.1 Å². The van der Waals surface area contributed by atoms with Crippen LogP contribution in [0, 0.1) is 0 Å². The van der Waals surface area contributed by atoms with E-state index in [0.717, 1.165) is 22.6 Å². The highest BCUT2D eigenvalue weighted by Gasteiger charge is 2.47. The van der Waals surface area contributed by atoms with Crippen LogP contribution in [0.1, 0.15) is 48.2 Å². The highest BCUT2D eigenvalue weighted by molar-refractivity contribution is 6.51. The van der Waals surface area contributed by atoms with Crippen LogP contribution < -0.4 is 15.4 Å². The van der Waals surface area contributed by atoms with Crippen molar-refractivity contribution in [2.75, 3.05) is 4.90 Å². The Morgan fingerprint density at radius 1 is 1.03 bits per heavy atom. The molecule has 2 aromatic carbocycles. The quantitative estimate of drug-likeness (QED) is 0.282. The summed E-state index contributed by atoms with van der Waals surface area (Å²) in [6.45, 7) is 4.11. The van der Waals surface area contributed by atoms with E-state index in [1.165, 1.54) is 24.3 Å². The van der Waals surface area contributed by atoms with Gasteiger partial charge in [0.2, 0.25) is 0 Å². The SMILES string of the molecule is CC(C)c1ccc(C(O)=C2C(=O)C(=O)N(c3ccc(CN)nn3)[C@H]2c2ccc(OC(F)(F)F)cc2)cc1. The molecule has 37 heavy (non-hydrogen) atoms. The molecule has 1 aliphatic heterocycles. The number of hydrogen-bond donors (Lipinski definition) is 2. The molecule has 1 aromatic heterocycles. The molecule has 1 aliphatic rings. The summed E-state index contributed by atoms with van der Waals surface area (Å²) in [7, 11) is 0. The van der Waals surface area contributed by atoms with E-state index >= 15 is 0 Å². The van der Waals surface area contributed by atoms with Crippen molar-refractivity contribution in [3.05, 3.63) is 88.6 Å². The van der Waals surface area contributed by atoms with Crippen LogP contribution in [-0.4, -0.2) is 33.4 Å². The van der Waals surface area contributed by atoms with Gasteiger partial charge >= 0.3 is 12.3 Å². The van der Waals surface area contributed by atoms with E-state index in [0.29, 0.717) is 11.3 Å². The smallest absolute Gasteiger partial charge is 0.507 e. The zero-order chi connectivity index (χ0) is 26.9. The van der Waals surface area contributed by atoms with Crippen LogP contribution in [0.4, 0.5) is 19.0 Å². The highest BCUT2D eigenvalue weighted by Crippen LogP contribution is 2.42. The Kier molecular flexibility index (Phi) is 6.99. The molecule has 1 atom stereocenters. The van der Waals surface area contributed by atoms with Gasteiger partial charge < -0.3 is 15.6 Å². The van der Waals surface area contributed by atoms with Crippen molar-refractivity contribution >= 4 is 23.3 Å². The number of hydrogen-bond acceptors (Lipinski definition) is 7. The summed E-state index contributed by atoms with van der Waals surface area (Å²) in [6.07, 6.45) is -4.89. The first-order valence-electron chi connectivity index (χ1n) is 11.3. The lowest BCUT2D eigenvalue weighted by atomic mass is 9.94. The number of Topliss-reactive ketones (excluding diaryl/α,β-unsaturated/α-hetero) is 1. The maximum absolute atomic E-state index is 13.2. The largest absolute Gasteiger partial charge is 0.573 e. The molecule has 0 bridgehead atoms. The molecule has 3 aromatic rings. The number of carbonyl (C=O) groups is 2. The molecule has 0 aliphatic carbocycles. The number of carbonyl (C=O) groups excluding carboxylic acids is 2. The summed E-state index contributed by atoms with van der Waals surface area (Å²) in [5, 5.41) is 19.1. The van der Waals surface area contributed by atoms with Gasteiger partial charge in [0.05, 0.1) is 17.3 Å². The molecule has 11 heteroatoms. The van der Waals surface area contributed by atoms with Crippen LogP contribution in [0.15, 0.2) is 66.2 Å². The minimum absolute atomic E-state index is 0.00845. The number of amides is 1. The van der Waals surface area contributed by atoms with Crippen molar-refractivity contribution in [3.8, 4) is 5.75 Å². The van der Waals surface area contributed by atoms with E-state index in [4.69, 9.17) is 5.73 Å². The molecule has 3 N–H and O–H groups in total. The Bertz CT molecular complexity index is 1340. The number of ketones is 1. The predicted molar refractivity (Wildman–Crippen MR) is 128 cm³/mol. The fraction of sp³-hybridized carbons (Fsp3) is 0.231. The van der Waals surface area contributed by atoms with E-state index in [1.807, 2.05) is 13.8 Å². The number of benzene rings is 2. The first-order valence-corrected chi connectivity index (χ1v) is 11.3. The average molecular weight is 512 g/mol. The fourth-order valence-corrected chi connectivity index (χ4v) is 4.01. The van der Waals surface area contributed by atoms with Gasteiger partial charge in [-0.1, -0.05) is 50.2 Å². The molecule has 1 amide bonds. The number of nitrogens with two attached hydrogens (primary N) is 1. The van der Waals surface area contributed by atoms with Gasteiger partial charge in [0.1, 0.15) is 11.5 Å². The maximum atomic E-state index is 13.2. The monoisotopic (exact) mass is 512 g/mol. The van der Waals surface area contributed by atoms with Crippen LogP contribution in [0.3, 0.4) is 0 Å². The van der Waals surface area contributed by atoms with Crippen molar-refractivity contribution in [2.45, 2.75) is 38.7 Å². The third-order valence-electron chi connectivity index (χ3n) is 5.89. The molecule has 0 radical (unpaired) electrons. The van der Waals surface area contributed by atoms with Crippen LogP contribution >= 0.6 is 0 Å². The van der Waals surface area contributed by atoms with Gasteiger partial charge in [-0.2, -0.15) is 5.10 Å². The molecule has 2 heterocycles. The average Bonchev–Trinajstić information content (AvgIpc) is 3.13. The zero-order valence-corrected chi connectivity index (χ0v) is 19.9. The molecule has 8 nitrogen and oxygen atoms in total. The summed E-state index contributed by atoms with van der Waals surface area (Å²) in [4.78, 5) is 27.4. The number of ether oxygens (including phenoxy) is 1. The summed E-state index contributed by atoms with van der Waals surface area (Å²) in [5.41, 5.74) is 7.32. The van der Waals surface area contributed by atoms with Crippen molar-refractivity contribution in [2.24, 2.45) is 5.73 Å². The number of aromatic nitrogens is 2. The molecule has 0 saturated carbocycles. The lowest BCUT2D eigenvalue weighted by Gasteiger charge is -2.24. The minimum Gasteiger partial charge on any atom is -0.507 e. The Morgan fingerprint density at radius 3 is 2.19 bits per heavy atom. The minimum atomic E-state index is -4.89. The van der Waals surface area contributed by atoms with Crippen LogP contribution in [0.5, 0.6) is 5.75 Å². The topological polar surface area (TPSA) is 119 Å². The van der Waals surface area contributed by atoms with Crippen LogP contribution in [-0.2, 0) is 16.1 Å². The Hall–Kier alpha value is -4.25. The van der Waals surface area contributed by atoms with Gasteiger partial charge in [0.15, 0.2) is 5.82 Å². The first-order chi connectivity index (χ1) is 17.5. The summed E-state index contributed by atoms with van der Waals surface area (Å²) < 4.78 is 41.8. The first kappa shape index (κ1) is 25.8. The van der Waals surface area contributed by atoms with E-state index in [-0.39, 0.29) is 29.4 Å². The van der Waals surface area contributed by atoms with Crippen molar-refractivity contribution in [3.63, 3.8) is 0 Å². The summed E-state index contributed by atoms with van der Waals surface area (Å²) in [5.74, 6) is -2.62. The van der Waals surface area contributed by atoms with E-state index in [9.17, 15) is 27.9 Å². The number of rotatable bonds is 6. The number of alkyl halides is 3. The van der Waals surface area contributed by atoms with E-state index < -0.39 is 35.6 Å². The molecule has 0 spiro atoms. The van der Waals surface area contributed by atoms with Gasteiger partial charge in [-0.05, 0) is 41.3 Å². The number of aliphatic hydroxyl groups excluding tert-OH is 1. The number of halogens is 3. The third-order valence-corrected chi connectivity index (χ3v) is 5.89. The van der Waals surface area contributed by atoms with E-state index in [1.54, 1.807) is 24.3 Å². The summed E-state index contributed by atoms with van der Waals surface area (Å²) >= 11 is 0. The Labute approximate surface area is 210 Å². The lowest BCUT2D eigenvalue weighted by Crippen LogP contribution is -2.30. The van der Waals surface area contributed by atoms with Gasteiger partial charge in [-0.15, -0.1) is 18.3 Å². The summed E-state index contributed by atoms with van der Waals surface area (Å²) in [6, 6.07) is 13.3. The molecule has 4 rings (SSSR count). The number of aliphatic hydroxyl groups is 1. The molecule has 1 fully saturated rings. The standard InChI is InChI=1S/C26H23F3N4O4/c1-14(2)15-3-5-17(6-4-15)23(34)21-22(16-7-10-19(11-8-16)37-26(27,28)29)33(25(36)24(21)35)20-12-9-18(13-30)31-32-20/h3-12,14,22,34H,13,30H2,1-2H3/t22-/m0/s1. The molecular formula is C26H23F3N4O4. The fourth-order valence-electron chi connectivity index (χ4n) is 4.01. The maximum Gasteiger partial charge on any atom is 0.573 e. The van der Waals surface area contributed by atoms with Crippen molar-refractivity contribution in [1.29, 1.82) is 0 Å². The van der Waals surface area contributed by atoms with Gasteiger partial charge in [-0.3, -0.25) is 14.5 Å². The second-order valence-electron chi connectivity index (χ2n) is 8.65. The molecule has 1 saturated heterocycles. The van der Waals surface area contributed by atoms with Gasteiger partial charge in [0.25, 0.3) is 5.78 Å². The third kappa shape index (κ3) is 5.31. The second kappa shape index (κ2) is 10.0. The molecule has 0 unspecified atom stereocenters. The lowest BCUT2D eigenvalue weighted by molar-refractivity contribution is -0.274. The van der Waals surface area contributed by atoms with Crippen LogP contribution in [0.2, 0.25) is 0 Å². The molecular weight excluding hydrogens is 489 g/mol. The highest BCUT2D eigenvalue weighted by atomic mass is 19.4. The Morgan fingerprint density at radius 2 is 1.68 bits per heavy atom. The van der Waals surface area contributed by atoms with Gasteiger partial charge in [-0.25, -0.2) is 0 Å². The van der Waals surface area contributed by atoms with Crippen molar-refractivity contribution in [1.82, 2.24) is 10.2 Å². The second-order valence-corrected chi connectivity index (χ2v) is 8.65. The zero-order valence-electron chi connectivity index (χ0n) is 19.9. The Balaban J connectivity index is 1.85. The van der Waals surface area contributed by atoms with E-state index in [2.05, 4.69) is 14.9 Å².